The van der Waals surface area contributed by atoms with Crippen LogP contribution in [0.4, 0.5) is 5.69 Å². The Hall–Kier alpha value is -0.980. The highest BCUT2D eigenvalue weighted by molar-refractivity contribution is 5.58. The van der Waals surface area contributed by atoms with Gasteiger partial charge in [0.2, 0.25) is 0 Å². The molecule has 0 amide bonds. The summed E-state index contributed by atoms with van der Waals surface area (Å²) in [5.74, 6) is 0.677. The molecule has 1 aromatic rings. The first-order chi connectivity index (χ1) is 6.33. The van der Waals surface area contributed by atoms with Crippen LogP contribution in [0.1, 0.15) is 38.2 Å². The predicted octanol–water partition coefficient (Wildman–Crippen LogP) is 3.38. The highest BCUT2D eigenvalue weighted by atomic mass is 15.0. The Labute approximate surface area is 80.2 Å². The first-order valence-corrected chi connectivity index (χ1v) is 5.18. The zero-order valence-corrected chi connectivity index (χ0v) is 8.38. The van der Waals surface area contributed by atoms with Gasteiger partial charge in [-0.25, -0.2) is 0 Å². The number of para-hydroxylation sites is 1. The van der Waals surface area contributed by atoms with Gasteiger partial charge in [-0.3, -0.25) is 0 Å². The Morgan fingerprint density at radius 2 is 2.08 bits per heavy atom. The van der Waals surface area contributed by atoms with Crippen molar-refractivity contribution in [2.24, 2.45) is 0 Å². The van der Waals surface area contributed by atoms with E-state index in [-0.39, 0.29) is 0 Å². The lowest BCUT2D eigenvalue weighted by atomic mass is 9.95. The summed E-state index contributed by atoms with van der Waals surface area (Å²) in [5, 5.41) is 3.59. The molecule has 13 heavy (non-hydrogen) atoms. The SMILES string of the molecule is CCCC1Nc2ccccc2C1C. The number of fused-ring (bicyclic) bond motifs is 1. The van der Waals surface area contributed by atoms with Gasteiger partial charge in [-0.05, 0) is 18.1 Å². The lowest BCUT2D eigenvalue weighted by molar-refractivity contribution is 0.581. The Morgan fingerprint density at radius 3 is 2.77 bits per heavy atom. The van der Waals surface area contributed by atoms with Crippen LogP contribution >= 0.6 is 0 Å². The third-order valence-electron chi connectivity index (χ3n) is 3.00. The molecule has 0 fully saturated rings. The smallest absolute Gasteiger partial charge is 0.0378 e. The second-order valence-electron chi connectivity index (χ2n) is 3.92. The molecule has 70 valence electrons. The van der Waals surface area contributed by atoms with Crippen LogP contribution < -0.4 is 5.32 Å². The van der Waals surface area contributed by atoms with Crippen LogP contribution in [0, 0.1) is 0 Å². The van der Waals surface area contributed by atoms with E-state index in [1.807, 2.05) is 0 Å². The summed E-state index contributed by atoms with van der Waals surface area (Å²) < 4.78 is 0. The Morgan fingerprint density at radius 1 is 1.31 bits per heavy atom. The first kappa shape index (κ1) is 8.61. The molecule has 0 aromatic heterocycles. The number of hydrogen-bond acceptors (Lipinski definition) is 1. The molecule has 2 rings (SSSR count). The van der Waals surface area contributed by atoms with Crippen LogP contribution in [0.25, 0.3) is 0 Å². The summed E-state index contributed by atoms with van der Waals surface area (Å²) in [6.07, 6.45) is 2.53. The van der Waals surface area contributed by atoms with E-state index in [1.54, 1.807) is 0 Å². The lowest BCUT2D eigenvalue weighted by Gasteiger charge is -2.14. The molecule has 2 atom stereocenters. The Balaban J connectivity index is 2.22. The second-order valence-corrected chi connectivity index (χ2v) is 3.92. The maximum atomic E-state index is 3.59. The van der Waals surface area contributed by atoms with Gasteiger partial charge in [0, 0.05) is 17.6 Å². The van der Waals surface area contributed by atoms with Crippen LogP contribution in [-0.2, 0) is 0 Å². The number of benzene rings is 1. The van der Waals surface area contributed by atoms with Gasteiger partial charge in [0.1, 0.15) is 0 Å². The minimum Gasteiger partial charge on any atom is -0.381 e. The highest BCUT2D eigenvalue weighted by Gasteiger charge is 2.26. The van der Waals surface area contributed by atoms with E-state index < -0.39 is 0 Å². The van der Waals surface area contributed by atoms with E-state index in [2.05, 4.69) is 43.4 Å². The van der Waals surface area contributed by atoms with Gasteiger partial charge in [0.25, 0.3) is 0 Å². The summed E-state index contributed by atoms with van der Waals surface area (Å²) in [5.41, 5.74) is 2.83. The quantitative estimate of drug-likeness (QED) is 0.726. The molecule has 0 radical (unpaired) electrons. The van der Waals surface area contributed by atoms with Gasteiger partial charge < -0.3 is 5.32 Å². The molecule has 0 spiro atoms. The van der Waals surface area contributed by atoms with E-state index in [0.717, 1.165) is 0 Å². The maximum absolute atomic E-state index is 3.59. The molecule has 1 heteroatoms. The average molecular weight is 175 g/mol. The van der Waals surface area contributed by atoms with E-state index >= 15 is 0 Å². The van der Waals surface area contributed by atoms with Crippen LogP contribution in [-0.4, -0.2) is 6.04 Å². The molecular weight excluding hydrogens is 158 g/mol. The lowest BCUT2D eigenvalue weighted by Crippen LogP contribution is -2.17. The molecule has 0 saturated carbocycles. The van der Waals surface area contributed by atoms with E-state index in [9.17, 15) is 0 Å². The maximum Gasteiger partial charge on any atom is 0.0378 e. The molecule has 1 aromatic carbocycles. The molecule has 0 saturated heterocycles. The van der Waals surface area contributed by atoms with Crippen LogP contribution in [0.5, 0.6) is 0 Å². The minimum atomic E-state index is 0.655. The van der Waals surface area contributed by atoms with Gasteiger partial charge in [-0.1, -0.05) is 38.5 Å². The van der Waals surface area contributed by atoms with Gasteiger partial charge in [-0.15, -0.1) is 0 Å². The molecule has 1 nitrogen and oxygen atoms in total. The van der Waals surface area contributed by atoms with E-state index in [1.165, 1.54) is 24.1 Å². The molecule has 0 aliphatic carbocycles. The van der Waals surface area contributed by atoms with Crippen molar-refractivity contribution >= 4 is 5.69 Å². The molecule has 1 aliphatic heterocycles. The highest BCUT2D eigenvalue weighted by Crippen LogP contribution is 2.36. The van der Waals surface area contributed by atoms with E-state index in [4.69, 9.17) is 0 Å². The van der Waals surface area contributed by atoms with Crippen LogP contribution in [0.2, 0.25) is 0 Å². The summed E-state index contributed by atoms with van der Waals surface area (Å²) >= 11 is 0. The third-order valence-corrected chi connectivity index (χ3v) is 3.00. The second kappa shape index (κ2) is 3.41. The molecule has 2 unspecified atom stereocenters. The fraction of sp³-hybridized carbons (Fsp3) is 0.500. The Kier molecular flexibility index (Phi) is 2.26. The number of nitrogens with one attached hydrogen (secondary N) is 1. The summed E-state index contributed by atoms with van der Waals surface area (Å²) in [6.45, 7) is 4.57. The van der Waals surface area contributed by atoms with Crippen molar-refractivity contribution in [3.63, 3.8) is 0 Å². The largest absolute Gasteiger partial charge is 0.381 e. The predicted molar refractivity (Wildman–Crippen MR) is 57.2 cm³/mol. The van der Waals surface area contributed by atoms with Gasteiger partial charge in [0.05, 0.1) is 0 Å². The normalized spacial score (nSPS) is 25.4. The fourth-order valence-corrected chi connectivity index (χ4v) is 2.20. The molecule has 1 aliphatic rings. The molecule has 0 bridgehead atoms. The van der Waals surface area contributed by atoms with Gasteiger partial charge >= 0.3 is 0 Å². The van der Waals surface area contributed by atoms with Crippen molar-refractivity contribution in [3.8, 4) is 0 Å². The molecule has 1 heterocycles. The van der Waals surface area contributed by atoms with Crippen molar-refractivity contribution in [3.05, 3.63) is 29.8 Å². The topological polar surface area (TPSA) is 12.0 Å². The Bertz CT molecular complexity index is 293. The average Bonchev–Trinajstić information content (AvgIpc) is 2.46. The number of rotatable bonds is 2. The minimum absolute atomic E-state index is 0.655. The van der Waals surface area contributed by atoms with Crippen LogP contribution in [0.15, 0.2) is 24.3 Å². The van der Waals surface area contributed by atoms with E-state index in [0.29, 0.717) is 12.0 Å². The molecule has 1 N–H and O–H groups in total. The zero-order chi connectivity index (χ0) is 9.26. The monoisotopic (exact) mass is 175 g/mol. The zero-order valence-electron chi connectivity index (χ0n) is 8.38. The van der Waals surface area contributed by atoms with Gasteiger partial charge in [-0.2, -0.15) is 0 Å². The first-order valence-electron chi connectivity index (χ1n) is 5.18. The van der Waals surface area contributed by atoms with Crippen molar-refractivity contribution in [1.82, 2.24) is 0 Å². The van der Waals surface area contributed by atoms with Gasteiger partial charge in [0.15, 0.2) is 0 Å². The standard InChI is InChI=1S/C12H17N/c1-3-6-11-9(2)10-7-4-5-8-12(10)13-11/h4-5,7-9,11,13H,3,6H2,1-2H3. The van der Waals surface area contributed by atoms with Crippen molar-refractivity contribution in [2.75, 3.05) is 5.32 Å². The van der Waals surface area contributed by atoms with Crippen molar-refractivity contribution < 1.29 is 0 Å². The summed E-state index contributed by atoms with van der Waals surface area (Å²) in [7, 11) is 0. The van der Waals surface area contributed by atoms with Crippen molar-refractivity contribution in [2.45, 2.75) is 38.6 Å². The van der Waals surface area contributed by atoms with Crippen molar-refractivity contribution in [1.29, 1.82) is 0 Å². The van der Waals surface area contributed by atoms with Crippen LogP contribution in [0.3, 0.4) is 0 Å². The third kappa shape index (κ3) is 1.43. The summed E-state index contributed by atoms with van der Waals surface area (Å²) in [4.78, 5) is 0. The molecular formula is C12H17N. The number of anilines is 1. The fourth-order valence-electron chi connectivity index (χ4n) is 2.20. The number of hydrogen-bond donors (Lipinski definition) is 1. The summed E-state index contributed by atoms with van der Waals surface area (Å²) in [6, 6.07) is 9.31.